The van der Waals surface area contributed by atoms with Gasteiger partial charge in [0, 0.05) is 26.1 Å². The topological polar surface area (TPSA) is 90.6 Å². The van der Waals surface area contributed by atoms with Crippen molar-refractivity contribution in [2.45, 2.75) is 59.1 Å². The lowest BCUT2D eigenvalue weighted by Crippen LogP contribution is -2.48. The molecule has 0 bridgehead atoms. The van der Waals surface area contributed by atoms with E-state index in [1.165, 1.54) is 7.11 Å². The van der Waals surface area contributed by atoms with Gasteiger partial charge in [-0.1, -0.05) is 20.8 Å². The predicted octanol–water partition coefficient (Wildman–Crippen LogP) is 1.96. The van der Waals surface area contributed by atoms with Crippen LogP contribution >= 0.6 is 11.8 Å². The van der Waals surface area contributed by atoms with Crippen LogP contribution in [0.2, 0.25) is 0 Å². The van der Waals surface area contributed by atoms with Crippen molar-refractivity contribution in [3.05, 3.63) is 0 Å². The number of hydrogen-bond acceptors (Lipinski definition) is 6. The number of ether oxygens (including phenoxy) is 2. The van der Waals surface area contributed by atoms with Gasteiger partial charge in [0.15, 0.2) is 6.10 Å². The highest BCUT2D eigenvalue weighted by atomic mass is 32.2. The van der Waals surface area contributed by atoms with E-state index in [1.807, 2.05) is 13.8 Å². The fourth-order valence-electron chi connectivity index (χ4n) is 1.77. The monoisotopic (exact) mass is 350 g/mol. The maximum atomic E-state index is 12.0. The molecule has 0 aromatic heterocycles. The Balaban J connectivity index is 0. The highest BCUT2D eigenvalue weighted by molar-refractivity contribution is 7.99. The Morgan fingerprint density at radius 3 is 2.43 bits per heavy atom. The van der Waals surface area contributed by atoms with E-state index in [9.17, 15) is 9.59 Å². The molecule has 1 amide bonds. The molecule has 0 aliphatic heterocycles. The van der Waals surface area contributed by atoms with Crippen molar-refractivity contribution in [2.24, 2.45) is 5.73 Å². The Morgan fingerprint density at radius 2 is 1.91 bits per heavy atom. The first-order valence-electron chi connectivity index (χ1n) is 8.36. The van der Waals surface area contributed by atoms with Crippen LogP contribution < -0.4 is 11.1 Å². The molecule has 0 saturated carbocycles. The lowest BCUT2D eigenvalue weighted by Gasteiger charge is -2.21. The number of thioether (sulfide) groups is 1. The first-order valence-corrected chi connectivity index (χ1v) is 9.51. The second kappa shape index (κ2) is 17.6. The van der Waals surface area contributed by atoms with Gasteiger partial charge in [0.1, 0.15) is 0 Å². The third-order valence-electron chi connectivity index (χ3n) is 2.86. The number of esters is 1. The lowest BCUT2D eigenvalue weighted by molar-refractivity contribution is -0.143. The van der Waals surface area contributed by atoms with Gasteiger partial charge in [-0.25, -0.2) is 0 Å². The number of carbonyl (C=O) groups excluding carboxylic acids is 2. The summed E-state index contributed by atoms with van der Waals surface area (Å²) in [6.07, 6.45) is 0.921. The fourth-order valence-corrected chi connectivity index (χ4v) is 2.50. The van der Waals surface area contributed by atoms with Crippen LogP contribution in [-0.2, 0) is 19.1 Å². The molecule has 0 aromatic rings. The van der Waals surface area contributed by atoms with Crippen LogP contribution in [0, 0.1) is 0 Å². The van der Waals surface area contributed by atoms with Gasteiger partial charge in [-0.2, -0.15) is 11.8 Å². The van der Waals surface area contributed by atoms with Gasteiger partial charge in [0.05, 0.1) is 6.61 Å². The second-order valence-corrected chi connectivity index (χ2v) is 5.90. The molecule has 3 N–H and O–H groups in total. The molecule has 0 rings (SSSR count). The van der Waals surface area contributed by atoms with Crippen molar-refractivity contribution in [1.29, 1.82) is 0 Å². The number of hydrogen-bond donors (Lipinski definition) is 2. The van der Waals surface area contributed by atoms with Gasteiger partial charge in [0.2, 0.25) is 0 Å². The summed E-state index contributed by atoms with van der Waals surface area (Å²) in [6, 6.07) is -0.320. The van der Waals surface area contributed by atoms with Gasteiger partial charge in [-0.05, 0) is 31.3 Å². The minimum absolute atomic E-state index is 0.227. The zero-order valence-corrected chi connectivity index (χ0v) is 16.0. The highest BCUT2D eigenvalue weighted by Gasteiger charge is 2.24. The average Bonchev–Trinajstić information content (AvgIpc) is 2.54. The molecule has 7 heteroatoms. The number of nitrogens with one attached hydrogen (secondary N) is 1. The summed E-state index contributed by atoms with van der Waals surface area (Å²) < 4.78 is 10.00. The van der Waals surface area contributed by atoms with Gasteiger partial charge >= 0.3 is 5.97 Å². The molecular weight excluding hydrogens is 316 g/mol. The first-order chi connectivity index (χ1) is 11.1. The maximum absolute atomic E-state index is 12.0. The zero-order chi connectivity index (χ0) is 18.1. The number of carbonyl (C=O) groups is 2. The molecule has 138 valence electrons. The van der Waals surface area contributed by atoms with E-state index in [2.05, 4.69) is 12.2 Å². The minimum Gasteiger partial charge on any atom is -0.466 e. The van der Waals surface area contributed by atoms with Crippen LogP contribution in [0.3, 0.4) is 0 Å². The SMILES string of the molecule is CC.CCOC(=O)CCCNC(=O)C(OC)C(N)CCSCC. The van der Waals surface area contributed by atoms with Gasteiger partial charge in [-0.3, -0.25) is 9.59 Å². The van der Waals surface area contributed by atoms with Gasteiger partial charge < -0.3 is 20.5 Å². The Bertz CT molecular complexity index is 304. The van der Waals surface area contributed by atoms with Crippen molar-refractivity contribution in [3.63, 3.8) is 0 Å². The molecule has 2 atom stereocenters. The Kier molecular flexibility index (Phi) is 18.7. The molecule has 0 aliphatic carbocycles. The lowest BCUT2D eigenvalue weighted by atomic mass is 10.1. The van der Waals surface area contributed by atoms with E-state index >= 15 is 0 Å². The third kappa shape index (κ3) is 13.4. The van der Waals surface area contributed by atoms with Gasteiger partial charge in [-0.15, -0.1) is 0 Å². The molecule has 0 radical (unpaired) electrons. The normalized spacial score (nSPS) is 12.6. The van der Waals surface area contributed by atoms with E-state index in [0.717, 1.165) is 17.9 Å². The van der Waals surface area contributed by atoms with Crippen molar-refractivity contribution in [2.75, 3.05) is 31.8 Å². The maximum Gasteiger partial charge on any atom is 0.305 e. The molecule has 0 aromatic carbocycles. The summed E-state index contributed by atoms with van der Waals surface area (Å²) in [4.78, 5) is 23.1. The van der Waals surface area contributed by atoms with E-state index in [0.29, 0.717) is 26.0 Å². The molecule has 2 unspecified atom stereocenters. The molecule has 0 aliphatic rings. The van der Waals surface area contributed by atoms with E-state index in [-0.39, 0.29) is 17.9 Å². The number of amides is 1. The summed E-state index contributed by atoms with van der Waals surface area (Å²) in [5.74, 6) is 1.47. The summed E-state index contributed by atoms with van der Waals surface area (Å²) in [7, 11) is 1.48. The smallest absolute Gasteiger partial charge is 0.305 e. The summed E-state index contributed by atoms with van der Waals surface area (Å²) in [6.45, 7) is 8.64. The summed E-state index contributed by atoms with van der Waals surface area (Å²) in [5.41, 5.74) is 5.99. The Labute approximate surface area is 145 Å². The van der Waals surface area contributed by atoms with Crippen molar-refractivity contribution >= 4 is 23.6 Å². The molecule has 0 fully saturated rings. The van der Waals surface area contributed by atoms with Crippen LogP contribution in [0.15, 0.2) is 0 Å². The molecule has 6 nitrogen and oxygen atoms in total. The summed E-state index contributed by atoms with van der Waals surface area (Å²) >= 11 is 1.79. The van der Waals surface area contributed by atoms with E-state index in [1.54, 1.807) is 18.7 Å². The van der Waals surface area contributed by atoms with Crippen LogP contribution in [0.4, 0.5) is 0 Å². The second-order valence-electron chi connectivity index (χ2n) is 4.51. The molecule has 0 heterocycles. The van der Waals surface area contributed by atoms with Crippen LogP contribution in [-0.4, -0.2) is 55.8 Å². The molecule has 0 spiro atoms. The quantitative estimate of drug-likeness (QED) is 0.413. The standard InChI is InChI=1S/C14H28N2O4S.C2H6/c1-4-20-12(17)7-6-9-16-14(18)13(19-3)11(15)8-10-21-5-2;1-2/h11,13H,4-10,15H2,1-3H3,(H,16,18);1-2H3. The minimum atomic E-state index is -0.648. The largest absolute Gasteiger partial charge is 0.466 e. The Hall–Kier alpha value is -0.790. The Morgan fingerprint density at radius 1 is 1.26 bits per heavy atom. The van der Waals surface area contributed by atoms with Crippen molar-refractivity contribution in [1.82, 2.24) is 5.32 Å². The van der Waals surface area contributed by atoms with Crippen LogP contribution in [0.5, 0.6) is 0 Å². The van der Waals surface area contributed by atoms with Crippen molar-refractivity contribution in [3.8, 4) is 0 Å². The summed E-state index contributed by atoms with van der Waals surface area (Å²) in [5, 5.41) is 2.74. The van der Waals surface area contributed by atoms with Crippen LogP contribution in [0.1, 0.15) is 47.0 Å². The van der Waals surface area contributed by atoms with Crippen molar-refractivity contribution < 1.29 is 19.1 Å². The van der Waals surface area contributed by atoms with E-state index in [4.69, 9.17) is 15.2 Å². The van der Waals surface area contributed by atoms with Gasteiger partial charge in [0.25, 0.3) is 5.91 Å². The van der Waals surface area contributed by atoms with Crippen LogP contribution in [0.25, 0.3) is 0 Å². The number of methoxy groups -OCH3 is 1. The zero-order valence-electron chi connectivity index (χ0n) is 15.2. The highest BCUT2D eigenvalue weighted by Crippen LogP contribution is 2.07. The third-order valence-corrected chi connectivity index (χ3v) is 3.80. The number of rotatable bonds is 12. The predicted molar refractivity (Wildman–Crippen MR) is 96.6 cm³/mol. The fraction of sp³-hybridized carbons (Fsp3) is 0.875. The molecule has 23 heavy (non-hydrogen) atoms. The molecular formula is C16H34N2O4S. The molecule has 0 saturated heterocycles. The number of nitrogens with two attached hydrogens (primary N) is 1. The average molecular weight is 351 g/mol. The first kappa shape index (κ1) is 24.5. The van der Waals surface area contributed by atoms with E-state index < -0.39 is 6.10 Å².